The van der Waals surface area contributed by atoms with Crippen LogP contribution in [-0.2, 0) is 9.59 Å². The van der Waals surface area contributed by atoms with Crippen molar-refractivity contribution < 1.29 is 9.59 Å². The number of benzene rings is 2. The van der Waals surface area contributed by atoms with Crippen molar-refractivity contribution in [3.8, 4) is 0 Å². The van der Waals surface area contributed by atoms with Gasteiger partial charge in [-0.15, -0.1) is 0 Å². The van der Waals surface area contributed by atoms with Gasteiger partial charge in [0.05, 0.1) is 0 Å². The average Bonchev–Trinajstić information content (AvgIpc) is 2.68. The zero-order valence-corrected chi connectivity index (χ0v) is 16.2. The Morgan fingerprint density at radius 3 is 2.26 bits per heavy atom. The maximum Gasteiger partial charge on any atom is 0.313 e. The van der Waals surface area contributed by atoms with Gasteiger partial charge in [0.2, 0.25) is 0 Å². The zero-order chi connectivity index (χ0) is 19.4. The van der Waals surface area contributed by atoms with Crippen LogP contribution in [0, 0.1) is 0 Å². The fourth-order valence-corrected chi connectivity index (χ4v) is 3.20. The van der Waals surface area contributed by atoms with E-state index < -0.39 is 11.8 Å². The molecule has 0 bridgehead atoms. The molecule has 1 N–H and O–H groups in total. The molecule has 1 saturated heterocycles. The molecule has 1 aliphatic rings. The van der Waals surface area contributed by atoms with Crippen molar-refractivity contribution in [2.45, 2.75) is 0 Å². The first-order valence-electron chi connectivity index (χ1n) is 8.82. The number of carbonyl (C=O) groups is 2. The maximum absolute atomic E-state index is 12.4. The van der Waals surface area contributed by atoms with E-state index in [4.69, 9.17) is 11.6 Å². The number of nitrogens with zero attached hydrogens (tertiary/aromatic N) is 3. The van der Waals surface area contributed by atoms with E-state index in [0.717, 1.165) is 11.4 Å². The van der Waals surface area contributed by atoms with Gasteiger partial charge in [-0.25, -0.2) is 0 Å². The molecule has 1 aliphatic heterocycles. The minimum Gasteiger partial charge on any atom is -0.378 e. The lowest BCUT2D eigenvalue weighted by molar-refractivity contribution is -0.143. The van der Waals surface area contributed by atoms with Crippen LogP contribution in [-0.4, -0.2) is 57.0 Å². The lowest BCUT2D eigenvalue weighted by Crippen LogP contribution is -2.51. The fraction of sp³-hybridized carbons (Fsp3) is 0.300. The van der Waals surface area contributed by atoms with Crippen LogP contribution in [0.15, 0.2) is 48.5 Å². The van der Waals surface area contributed by atoms with E-state index in [-0.39, 0.29) is 0 Å². The summed E-state index contributed by atoms with van der Waals surface area (Å²) in [5.74, 6) is -1.11. The SMILES string of the molecule is CN(C)c1ccc(NC(=O)C(=O)N2CCN(c3cccc(Cl)c3)CC2)cc1. The summed E-state index contributed by atoms with van der Waals surface area (Å²) in [6, 6.07) is 15.0. The topological polar surface area (TPSA) is 55.9 Å². The fourth-order valence-electron chi connectivity index (χ4n) is 3.01. The lowest BCUT2D eigenvalue weighted by Gasteiger charge is -2.35. The minimum absolute atomic E-state index is 0.498. The molecule has 0 radical (unpaired) electrons. The third-order valence-electron chi connectivity index (χ3n) is 4.58. The smallest absolute Gasteiger partial charge is 0.313 e. The summed E-state index contributed by atoms with van der Waals surface area (Å²) in [5.41, 5.74) is 2.66. The minimum atomic E-state index is -0.608. The molecule has 2 amide bonds. The normalized spacial score (nSPS) is 14.0. The Balaban J connectivity index is 1.54. The molecule has 0 aliphatic carbocycles. The van der Waals surface area contributed by atoms with Crippen LogP contribution < -0.4 is 15.1 Å². The number of halogens is 1. The van der Waals surface area contributed by atoms with Gasteiger partial charge in [0.15, 0.2) is 0 Å². The van der Waals surface area contributed by atoms with Gasteiger partial charge in [0, 0.05) is 62.4 Å². The summed E-state index contributed by atoms with van der Waals surface area (Å²) in [5, 5.41) is 3.36. The Kier molecular flexibility index (Phi) is 5.86. The molecule has 3 rings (SSSR count). The number of hydrogen-bond acceptors (Lipinski definition) is 4. The average molecular weight is 387 g/mol. The highest BCUT2D eigenvalue weighted by Crippen LogP contribution is 2.21. The van der Waals surface area contributed by atoms with Crippen molar-refractivity contribution in [3.63, 3.8) is 0 Å². The van der Waals surface area contributed by atoms with E-state index in [2.05, 4.69) is 10.2 Å². The second-order valence-corrected chi connectivity index (χ2v) is 7.09. The lowest BCUT2D eigenvalue weighted by atomic mass is 10.2. The first-order chi connectivity index (χ1) is 12.9. The second kappa shape index (κ2) is 8.31. The first-order valence-corrected chi connectivity index (χ1v) is 9.20. The Morgan fingerprint density at radius 1 is 1.00 bits per heavy atom. The number of carbonyl (C=O) groups excluding carboxylic acids is 2. The van der Waals surface area contributed by atoms with Crippen LogP contribution in [0.25, 0.3) is 0 Å². The second-order valence-electron chi connectivity index (χ2n) is 6.65. The molecule has 0 unspecified atom stereocenters. The summed E-state index contributed by atoms with van der Waals surface area (Å²) in [6.07, 6.45) is 0. The van der Waals surface area contributed by atoms with Gasteiger partial charge in [-0.3, -0.25) is 9.59 Å². The zero-order valence-electron chi connectivity index (χ0n) is 15.5. The molecule has 0 atom stereocenters. The molecule has 0 aromatic heterocycles. The molecule has 27 heavy (non-hydrogen) atoms. The number of rotatable bonds is 3. The quantitative estimate of drug-likeness (QED) is 0.824. The molecule has 1 fully saturated rings. The van der Waals surface area contributed by atoms with Crippen LogP contribution in [0.1, 0.15) is 0 Å². The molecule has 1 heterocycles. The standard InChI is InChI=1S/C20H23ClN4O2/c1-23(2)17-8-6-16(7-9-17)22-19(26)20(27)25-12-10-24(11-13-25)18-5-3-4-15(21)14-18/h3-9,14H,10-13H2,1-2H3,(H,22,26). The number of hydrogen-bond donors (Lipinski definition) is 1. The summed E-state index contributed by atoms with van der Waals surface area (Å²) in [6.45, 7) is 2.32. The van der Waals surface area contributed by atoms with Crippen molar-refractivity contribution in [3.05, 3.63) is 53.6 Å². The van der Waals surface area contributed by atoms with Crippen molar-refractivity contribution in [1.29, 1.82) is 0 Å². The van der Waals surface area contributed by atoms with Gasteiger partial charge in [-0.2, -0.15) is 0 Å². The Morgan fingerprint density at radius 2 is 1.67 bits per heavy atom. The van der Waals surface area contributed by atoms with Crippen LogP contribution in [0.2, 0.25) is 5.02 Å². The van der Waals surface area contributed by atoms with Gasteiger partial charge in [-0.05, 0) is 42.5 Å². The van der Waals surface area contributed by atoms with Crippen molar-refractivity contribution >= 4 is 40.5 Å². The van der Waals surface area contributed by atoms with Crippen molar-refractivity contribution in [1.82, 2.24) is 4.90 Å². The van der Waals surface area contributed by atoms with Crippen molar-refractivity contribution in [2.24, 2.45) is 0 Å². The van der Waals surface area contributed by atoms with Crippen LogP contribution in [0.4, 0.5) is 17.1 Å². The molecular weight excluding hydrogens is 364 g/mol. The largest absolute Gasteiger partial charge is 0.378 e. The molecule has 0 saturated carbocycles. The van der Waals surface area contributed by atoms with Crippen LogP contribution in [0.5, 0.6) is 0 Å². The molecule has 6 nitrogen and oxygen atoms in total. The van der Waals surface area contributed by atoms with E-state index in [0.29, 0.717) is 36.9 Å². The molecule has 142 valence electrons. The maximum atomic E-state index is 12.4. The summed E-state index contributed by atoms with van der Waals surface area (Å²) in [4.78, 5) is 30.4. The monoisotopic (exact) mass is 386 g/mol. The number of anilines is 3. The summed E-state index contributed by atoms with van der Waals surface area (Å²) in [7, 11) is 3.89. The highest BCUT2D eigenvalue weighted by Gasteiger charge is 2.26. The van der Waals surface area contributed by atoms with E-state index in [1.54, 1.807) is 17.0 Å². The van der Waals surface area contributed by atoms with Gasteiger partial charge in [-0.1, -0.05) is 17.7 Å². The van der Waals surface area contributed by atoms with Gasteiger partial charge < -0.3 is 20.0 Å². The predicted molar refractivity (Wildman–Crippen MR) is 110 cm³/mol. The van der Waals surface area contributed by atoms with E-state index >= 15 is 0 Å². The van der Waals surface area contributed by atoms with E-state index in [1.807, 2.05) is 55.4 Å². The summed E-state index contributed by atoms with van der Waals surface area (Å²) < 4.78 is 0. The highest BCUT2D eigenvalue weighted by atomic mass is 35.5. The highest BCUT2D eigenvalue weighted by molar-refractivity contribution is 6.39. The molecule has 2 aromatic rings. The number of nitrogens with one attached hydrogen (secondary N) is 1. The first kappa shape index (κ1) is 19.0. The van der Waals surface area contributed by atoms with Crippen LogP contribution >= 0.6 is 11.6 Å². The molecular formula is C20H23ClN4O2. The van der Waals surface area contributed by atoms with Crippen molar-refractivity contribution in [2.75, 3.05) is 55.4 Å². The number of piperazine rings is 1. The van der Waals surface area contributed by atoms with Gasteiger partial charge >= 0.3 is 11.8 Å². The molecule has 0 spiro atoms. The van der Waals surface area contributed by atoms with Crippen LogP contribution in [0.3, 0.4) is 0 Å². The Bertz CT molecular complexity index is 815. The molecule has 7 heteroatoms. The van der Waals surface area contributed by atoms with Gasteiger partial charge in [0.1, 0.15) is 0 Å². The van der Waals surface area contributed by atoms with E-state index in [1.165, 1.54) is 0 Å². The molecule has 2 aromatic carbocycles. The summed E-state index contributed by atoms with van der Waals surface area (Å²) >= 11 is 6.04. The predicted octanol–water partition coefficient (Wildman–Crippen LogP) is 2.69. The van der Waals surface area contributed by atoms with E-state index in [9.17, 15) is 9.59 Å². The third-order valence-corrected chi connectivity index (χ3v) is 4.81. The Labute approximate surface area is 164 Å². The Hall–Kier alpha value is -2.73. The number of amides is 2. The van der Waals surface area contributed by atoms with Gasteiger partial charge in [0.25, 0.3) is 0 Å². The third kappa shape index (κ3) is 4.71.